The summed E-state index contributed by atoms with van der Waals surface area (Å²) in [7, 11) is -3.86. The topological polar surface area (TPSA) is 102 Å². The summed E-state index contributed by atoms with van der Waals surface area (Å²) in [6.07, 6.45) is 5.07. The van der Waals surface area contributed by atoms with Crippen LogP contribution in [-0.4, -0.2) is 33.4 Å². The molecule has 3 aromatic rings. The first-order chi connectivity index (χ1) is 15.4. The van der Waals surface area contributed by atoms with E-state index < -0.39 is 28.5 Å². The van der Waals surface area contributed by atoms with E-state index in [-0.39, 0.29) is 23.0 Å². The molecular formula is C23H20N2O5S2. The van der Waals surface area contributed by atoms with Gasteiger partial charge in [-0.05, 0) is 35.2 Å². The molecule has 164 valence electrons. The van der Waals surface area contributed by atoms with Crippen molar-refractivity contribution in [2.45, 2.75) is 10.9 Å². The first kappa shape index (κ1) is 23.2. The standard InChI is InChI=1S/C23H20N2O5S2/c1-2-13-24-32(28,29)19-11-6-10-18(15-19)23(27)30-16-21(26)25-22(20-12-7-14-31-20)17-8-4-3-5-9-17/h1,3-12,14-15,22,24H,13,16H2,(H,25,26). The molecule has 1 aromatic heterocycles. The lowest BCUT2D eigenvalue weighted by Crippen LogP contribution is -2.32. The van der Waals surface area contributed by atoms with E-state index in [1.807, 2.05) is 47.8 Å². The number of terminal acetylenes is 1. The minimum Gasteiger partial charge on any atom is -0.452 e. The molecule has 7 nitrogen and oxygen atoms in total. The number of carbonyl (C=O) groups excluding carboxylic acids is 2. The van der Waals surface area contributed by atoms with Crippen LogP contribution in [0.3, 0.4) is 0 Å². The highest BCUT2D eigenvalue weighted by molar-refractivity contribution is 7.89. The second-order valence-electron chi connectivity index (χ2n) is 6.56. The van der Waals surface area contributed by atoms with Crippen molar-refractivity contribution < 1.29 is 22.7 Å². The molecule has 0 saturated carbocycles. The molecule has 2 N–H and O–H groups in total. The average Bonchev–Trinajstić information content (AvgIpc) is 3.35. The molecule has 0 aliphatic carbocycles. The van der Waals surface area contributed by atoms with Crippen molar-refractivity contribution in [3.63, 3.8) is 0 Å². The van der Waals surface area contributed by atoms with Gasteiger partial charge in [-0.1, -0.05) is 48.4 Å². The molecule has 1 unspecified atom stereocenters. The highest BCUT2D eigenvalue weighted by Gasteiger charge is 2.20. The highest BCUT2D eigenvalue weighted by atomic mass is 32.2. The maximum absolute atomic E-state index is 12.5. The Hall–Kier alpha value is -3.45. The number of sulfonamides is 1. The number of hydrogen-bond acceptors (Lipinski definition) is 6. The maximum Gasteiger partial charge on any atom is 0.338 e. The van der Waals surface area contributed by atoms with Crippen LogP contribution in [0, 0.1) is 12.3 Å². The van der Waals surface area contributed by atoms with E-state index in [4.69, 9.17) is 11.2 Å². The SMILES string of the molecule is C#CCNS(=O)(=O)c1cccc(C(=O)OCC(=O)NC(c2ccccc2)c2cccs2)c1. The van der Waals surface area contributed by atoms with E-state index in [1.165, 1.54) is 29.5 Å². The van der Waals surface area contributed by atoms with Crippen LogP contribution < -0.4 is 10.0 Å². The predicted octanol–water partition coefficient (Wildman–Crippen LogP) is 2.72. The zero-order valence-electron chi connectivity index (χ0n) is 16.9. The fourth-order valence-corrected chi connectivity index (χ4v) is 4.63. The Labute approximate surface area is 190 Å². The van der Waals surface area contributed by atoms with Gasteiger partial charge >= 0.3 is 5.97 Å². The second kappa shape index (κ2) is 10.7. The maximum atomic E-state index is 12.5. The van der Waals surface area contributed by atoms with Crippen molar-refractivity contribution in [2.75, 3.05) is 13.2 Å². The number of rotatable bonds is 9. The van der Waals surface area contributed by atoms with E-state index in [1.54, 1.807) is 0 Å². The van der Waals surface area contributed by atoms with Gasteiger partial charge in [0.2, 0.25) is 10.0 Å². The third kappa shape index (κ3) is 6.04. The van der Waals surface area contributed by atoms with Crippen LogP contribution in [0.15, 0.2) is 77.0 Å². The second-order valence-corrected chi connectivity index (χ2v) is 9.31. The van der Waals surface area contributed by atoms with Crippen LogP contribution in [0.1, 0.15) is 26.8 Å². The molecule has 0 fully saturated rings. The average molecular weight is 469 g/mol. The van der Waals surface area contributed by atoms with Crippen LogP contribution in [0.25, 0.3) is 0 Å². The van der Waals surface area contributed by atoms with Crippen LogP contribution in [0.2, 0.25) is 0 Å². The summed E-state index contributed by atoms with van der Waals surface area (Å²) in [6, 6.07) is 18.2. The van der Waals surface area contributed by atoms with E-state index in [0.717, 1.165) is 16.5 Å². The predicted molar refractivity (Wildman–Crippen MR) is 121 cm³/mol. The minimum absolute atomic E-state index is 0.000696. The van der Waals surface area contributed by atoms with E-state index in [0.29, 0.717) is 0 Å². The van der Waals surface area contributed by atoms with Crippen LogP contribution in [0.5, 0.6) is 0 Å². The summed E-state index contributed by atoms with van der Waals surface area (Å²) in [5, 5.41) is 4.78. The van der Waals surface area contributed by atoms with Gasteiger partial charge in [-0.2, -0.15) is 4.72 Å². The zero-order valence-corrected chi connectivity index (χ0v) is 18.5. The van der Waals surface area contributed by atoms with Crippen LogP contribution >= 0.6 is 11.3 Å². The first-order valence-electron chi connectivity index (χ1n) is 9.49. The third-order valence-corrected chi connectivity index (χ3v) is 6.68. The molecule has 3 rings (SSSR count). The van der Waals surface area contributed by atoms with Gasteiger partial charge in [-0.3, -0.25) is 4.79 Å². The largest absolute Gasteiger partial charge is 0.452 e. The molecular weight excluding hydrogens is 448 g/mol. The molecule has 0 saturated heterocycles. The quantitative estimate of drug-likeness (QED) is 0.371. The van der Waals surface area contributed by atoms with Gasteiger partial charge in [0, 0.05) is 4.88 Å². The molecule has 1 atom stereocenters. The molecule has 0 aliphatic rings. The number of hydrogen-bond donors (Lipinski definition) is 2. The Balaban J connectivity index is 1.65. The van der Waals surface area contributed by atoms with Gasteiger partial charge in [0.1, 0.15) is 0 Å². The number of ether oxygens (including phenoxy) is 1. The van der Waals surface area contributed by atoms with Gasteiger partial charge in [0.05, 0.1) is 23.0 Å². The summed E-state index contributed by atoms with van der Waals surface area (Å²) in [5.41, 5.74) is 0.895. The number of esters is 1. The lowest BCUT2D eigenvalue weighted by molar-refractivity contribution is -0.124. The van der Waals surface area contributed by atoms with Crippen molar-refractivity contribution in [3.8, 4) is 12.3 Å². The molecule has 32 heavy (non-hydrogen) atoms. The van der Waals surface area contributed by atoms with Gasteiger partial charge in [0.25, 0.3) is 5.91 Å². The fourth-order valence-electron chi connectivity index (χ4n) is 2.85. The molecule has 1 amide bonds. The molecule has 0 radical (unpaired) electrons. The number of benzene rings is 2. The Morgan fingerprint density at radius 1 is 1.06 bits per heavy atom. The van der Waals surface area contributed by atoms with Crippen molar-refractivity contribution >= 4 is 33.2 Å². The van der Waals surface area contributed by atoms with Gasteiger partial charge in [-0.25, -0.2) is 13.2 Å². The Morgan fingerprint density at radius 3 is 2.53 bits per heavy atom. The Bertz CT molecular complexity index is 1220. The van der Waals surface area contributed by atoms with E-state index in [2.05, 4.69) is 16.0 Å². The van der Waals surface area contributed by atoms with Crippen molar-refractivity contribution in [1.82, 2.24) is 10.0 Å². The summed E-state index contributed by atoms with van der Waals surface area (Å²) < 4.78 is 31.7. The lowest BCUT2D eigenvalue weighted by Gasteiger charge is -2.18. The molecule has 0 spiro atoms. The molecule has 0 bridgehead atoms. The van der Waals surface area contributed by atoms with Crippen molar-refractivity contribution in [3.05, 3.63) is 88.1 Å². The summed E-state index contributed by atoms with van der Waals surface area (Å²) >= 11 is 1.50. The monoisotopic (exact) mass is 468 g/mol. The molecule has 1 heterocycles. The fraction of sp³-hybridized carbons (Fsp3) is 0.130. The summed E-state index contributed by atoms with van der Waals surface area (Å²) in [4.78, 5) is 25.7. The number of thiophene rings is 1. The first-order valence-corrected chi connectivity index (χ1v) is 11.8. The lowest BCUT2D eigenvalue weighted by atomic mass is 10.1. The minimum atomic E-state index is -3.86. The zero-order chi connectivity index (χ0) is 23.0. The number of carbonyl (C=O) groups is 2. The van der Waals surface area contributed by atoms with Crippen LogP contribution in [-0.2, 0) is 19.6 Å². The molecule has 2 aromatic carbocycles. The van der Waals surface area contributed by atoms with Gasteiger partial charge in [-0.15, -0.1) is 17.8 Å². The normalized spacial score (nSPS) is 11.8. The van der Waals surface area contributed by atoms with Crippen LogP contribution in [0.4, 0.5) is 0 Å². The van der Waals surface area contributed by atoms with E-state index >= 15 is 0 Å². The summed E-state index contributed by atoms with van der Waals surface area (Å²) in [5.74, 6) is 0.871. The highest BCUT2D eigenvalue weighted by Crippen LogP contribution is 2.25. The number of nitrogens with one attached hydrogen (secondary N) is 2. The molecule has 0 aliphatic heterocycles. The van der Waals surface area contributed by atoms with E-state index in [9.17, 15) is 18.0 Å². The smallest absolute Gasteiger partial charge is 0.338 e. The van der Waals surface area contributed by atoms with Crippen molar-refractivity contribution in [2.24, 2.45) is 0 Å². The van der Waals surface area contributed by atoms with Crippen molar-refractivity contribution in [1.29, 1.82) is 0 Å². The van der Waals surface area contributed by atoms with Gasteiger partial charge < -0.3 is 10.1 Å². The summed E-state index contributed by atoms with van der Waals surface area (Å²) in [6.45, 7) is -0.691. The Kier molecular flexibility index (Phi) is 7.78. The third-order valence-electron chi connectivity index (χ3n) is 4.34. The number of amides is 1. The molecule has 9 heteroatoms. The Morgan fingerprint density at radius 2 is 1.84 bits per heavy atom. The van der Waals surface area contributed by atoms with Gasteiger partial charge in [0.15, 0.2) is 6.61 Å².